The number of thiazole rings is 1. The summed E-state index contributed by atoms with van der Waals surface area (Å²) in [6.07, 6.45) is 0. The van der Waals surface area contributed by atoms with E-state index in [2.05, 4.69) is 10.1 Å². The second-order valence-corrected chi connectivity index (χ2v) is 3.53. The molecule has 0 unspecified atom stereocenters. The number of methoxy groups -OCH3 is 1. The van der Waals surface area contributed by atoms with Crippen LogP contribution in [0, 0.1) is 0 Å². The molecule has 0 radical (unpaired) electrons. The molecule has 0 bridgehead atoms. The van der Waals surface area contributed by atoms with Crippen molar-refractivity contribution in [2.45, 2.75) is 0 Å². The van der Waals surface area contributed by atoms with Gasteiger partial charge in [0.15, 0.2) is 5.13 Å². The van der Waals surface area contributed by atoms with Crippen LogP contribution in [-0.2, 0) is 14.4 Å². The normalized spacial score (nSPS) is 11.4. The lowest BCUT2D eigenvalue weighted by Crippen LogP contribution is -2.16. The highest BCUT2D eigenvalue weighted by Gasteiger charge is 2.16. The van der Waals surface area contributed by atoms with Crippen LogP contribution in [0.4, 0.5) is 5.13 Å². The highest BCUT2D eigenvalue weighted by atomic mass is 32.1. The van der Waals surface area contributed by atoms with Gasteiger partial charge < -0.3 is 20.4 Å². The summed E-state index contributed by atoms with van der Waals surface area (Å²) in [5.41, 5.74) is 5.30. The van der Waals surface area contributed by atoms with Crippen LogP contribution in [0.3, 0.4) is 0 Å². The Balaban J connectivity index is 2.71. The number of nitrogens with zero attached hydrogens (tertiary/aromatic N) is 2. The zero-order valence-corrected chi connectivity index (χ0v) is 9.36. The monoisotopic (exact) mass is 245 g/mol. The van der Waals surface area contributed by atoms with Crippen molar-refractivity contribution in [1.29, 1.82) is 0 Å². The van der Waals surface area contributed by atoms with Crippen LogP contribution >= 0.6 is 11.3 Å². The largest absolute Gasteiger partial charge is 0.476 e. The molecule has 0 fully saturated rings. The lowest BCUT2D eigenvalue weighted by atomic mass is 10.3. The van der Waals surface area contributed by atoms with Gasteiger partial charge >= 0.3 is 5.97 Å². The van der Waals surface area contributed by atoms with Crippen LogP contribution in [0.5, 0.6) is 0 Å². The molecule has 0 saturated carbocycles. The van der Waals surface area contributed by atoms with Gasteiger partial charge in [0, 0.05) is 12.5 Å². The van der Waals surface area contributed by atoms with E-state index < -0.39 is 5.97 Å². The molecule has 0 aromatic carbocycles. The number of oxime groups is 1. The third-order valence-corrected chi connectivity index (χ3v) is 2.18. The minimum absolute atomic E-state index is 0.174. The number of nitrogen functional groups attached to an aromatic ring is 1. The van der Waals surface area contributed by atoms with Gasteiger partial charge in [0.05, 0.1) is 6.61 Å². The number of aromatic nitrogens is 1. The van der Waals surface area contributed by atoms with Gasteiger partial charge in [0.2, 0.25) is 5.71 Å². The van der Waals surface area contributed by atoms with E-state index in [1.165, 1.54) is 12.5 Å². The molecule has 0 aliphatic carbocycles. The van der Waals surface area contributed by atoms with E-state index in [1.807, 2.05) is 0 Å². The predicted molar refractivity (Wildman–Crippen MR) is 58.5 cm³/mol. The van der Waals surface area contributed by atoms with Crippen molar-refractivity contribution in [2.75, 3.05) is 26.1 Å². The SMILES string of the molecule is COCCO/N=C(\C(=O)O)c1csc(N)n1. The molecule has 0 aliphatic rings. The number of aliphatic carboxylic acids is 1. The minimum Gasteiger partial charge on any atom is -0.476 e. The topological polar surface area (TPSA) is 107 Å². The maximum absolute atomic E-state index is 10.9. The number of anilines is 1. The molecule has 1 aromatic heterocycles. The number of hydrogen-bond donors (Lipinski definition) is 2. The second kappa shape index (κ2) is 6.03. The second-order valence-electron chi connectivity index (χ2n) is 2.64. The first-order valence-corrected chi connectivity index (χ1v) is 5.16. The van der Waals surface area contributed by atoms with E-state index >= 15 is 0 Å². The number of hydrogen-bond acceptors (Lipinski definition) is 7. The Bertz CT molecular complexity index is 390. The van der Waals surface area contributed by atoms with Crippen LogP contribution in [0.1, 0.15) is 5.69 Å². The summed E-state index contributed by atoms with van der Waals surface area (Å²) in [5.74, 6) is -1.22. The molecular weight excluding hydrogens is 234 g/mol. The maximum atomic E-state index is 10.9. The van der Waals surface area contributed by atoms with Crippen LogP contribution < -0.4 is 5.73 Å². The molecule has 0 amide bonds. The fourth-order valence-corrected chi connectivity index (χ4v) is 1.37. The maximum Gasteiger partial charge on any atom is 0.360 e. The molecule has 0 aliphatic heterocycles. The highest BCUT2D eigenvalue weighted by Crippen LogP contribution is 2.12. The van der Waals surface area contributed by atoms with Crippen molar-refractivity contribution in [1.82, 2.24) is 4.98 Å². The van der Waals surface area contributed by atoms with Gasteiger partial charge in [0.1, 0.15) is 12.3 Å². The minimum atomic E-state index is -1.22. The number of carbonyl (C=O) groups is 1. The molecule has 7 nitrogen and oxygen atoms in total. The van der Waals surface area contributed by atoms with Crippen molar-refractivity contribution in [3.63, 3.8) is 0 Å². The number of carboxylic acids is 1. The zero-order valence-electron chi connectivity index (χ0n) is 8.54. The Labute approximate surface area is 95.5 Å². The lowest BCUT2D eigenvalue weighted by Gasteiger charge is -1.99. The molecule has 3 N–H and O–H groups in total. The highest BCUT2D eigenvalue weighted by molar-refractivity contribution is 7.13. The van der Waals surface area contributed by atoms with E-state index in [0.717, 1.165) is 11.3 Å². The van der Waals surface area contributed by atoms with E-state index in [0.29, 0.717) is 6.61 Å². The van der Waals surface area contributed by atoms with E-state index in [4.69, 9.17) is 20.4 Å². The number of carboxylic acid groups (broad SMARTS) is 1. The smallest absolute Gasteiger partial charge is 0.360 e. The van der Waals surface area contributed by atoms with Gasteiger partial charge in [-0.25, -0.2) is 9.78 Å². The summed E-state index contributed by atoms with van der Waals surface area (Å²) < 4.78 is 4.72. The number of rotatable bonds is 6. The Hall–Kier alpha value is -1.67. The first kappa shape index (κ1) is 12.4. The molecule has 16 heavy (non-hydrogen) atoms. The summed E-state index contributed by atoms with van der Waals surface area (Å²) in [5, 5.41) is 14.1. The standard InChI is InChI=1S/C8H11N3O4S/c1-14-2-3-15-11-6(7(12)13)5-4-16-8(9)10-5/h4H,2-3H2,1H3,(H2,9,10)(H,12,13)/b11-6-. The van der Waals surface area contributed by atoms with Crippen molar-refractivity contribution >= 4 is 28.1 Å². The van der Waals surface area contributed by atoms with Crippen LogP contribution in [0.15, 0.2) is 10.5 Å². The summed E-state index contributed by atoms with van der Waals surface area (Å²) in [7, 11) is 1.51. The Morgan fingerprint density at radius 3 is 2.94 bits per heavy atom. The van der Waals surface area contributed by atoms with Gasteiger partial charge in [-0.1, -0.05) is 5.16 Å². The molecule has 0 atom stereocenters. The van der Waals surface area contributed by atoms with E-state index in [9.17, 15) is 4.79 Å². The van der Waals surface area contributed by atoms with Crippen molar-refractivity contribution in [2.24, 2.45) is 5.16 Å². The van der Waals surface area contributed by atoms with Gasteiger partial charge in [-0.3, -0.25) is 0 Å². The molecule has 0 saturated heterocycles. The third-order valence-electron chi connectivity index (χ3n) is 1.50. The summed E-state index contributed by atoms with van der Waals surface area (Å²) in [4.78, 5) is 19.4. The summed E-state index contributed by atoms with van der Waals surface area (Å²) in [6, 6.07) is 0. The molecule has 88 valence electrons. The Morgan fingerprint density at radius 2 is 2.44 bits per heavy atom. The van der Waals surface area contributed by atoms with Crippen molar-refractivity contribution in [3.05, 3.63) is 11.1 Å². The number of ether oxygens (including phenoxy) is 1. The zero-order chi connectivity index (χ0) is 12.0. The Morgan fingerprint density at radius 1 is 1.69 bits per heavy atom. The average molecular weight is 245 g/mol. The van der Waals surface area contributed by atoms with Gasteiger partial charge in [0.25, 0.3) is 0 Å². The molecule has 1 heterocycles. The first-order valence-electron chi connectivity index (χ1n) is 4.28. The van der Waals surface area contributed by atoms with Gasteiger partial charge in [-0.15, -0.1) is 11.3 Å². The third kappa shape index (κ3) is 3.48. The molecule has 0 spiro atoms. The fourth-order valence-electron chi connectivity index (χ4n) is 0.823. The van der Waals surface area contributed by atoms with Gasteiger partial charge in [-0.05, 0) is 0 Å². The molecule has 8 heteroatoms. The lowest BCUT2D eigenvalue weighted by molar-refractivity contribution is -0.129. The van der Waals surface area contributed by atoms with E-state index in [1.54, 1.807) is 0 Å². The first-order chi connectivity index (χ1) is 7.65. The molecule has 1 aromatic rings. The van der Waals surface area contributed by atoms with Gasteiger partial charge in [-0.2, -0.15) is 0 Å². The average Bonchev–Trinajstić information content (AvgIpc) is 2.64. The molecular formula is C8H11N3O4S. The fraction of sp³-hybridized carbons (Fsp3) is 0.375. The summed E-state index contributed by atoms with van der Waals surface area (Å²) >= 11 is 1.14. The quantitative estimate of drug-likeness (QED) is 0.420. The molecule has 1 rings (SSSR count). The summed E-state index contributed by atoms with van der Waals surface area (Å²) in [6.45, 7) is 0.502. The van der Waals surface area contributed by atoms with Crippen molar-refractivity contribution < 1.29 is 19.5 Å². The Kier molecular flexibility index (Phi) is 4.67. The van der Waals surface area contributed by atoms with Crippen LogP contribution in [0.2, 0.25) is 0 Å². The predicted octanol–water partition coefficient (Wildman–Crippen LogP) is 0.177. The number of nitrogens with two attached hydrogens (primary N) is 1. The van der Waals surface area contributed by atoms with Crippen LogP contribution in [-0.4, -0.2) is 42.1 Å². The van der Waals surface area contributed by atoms with Crippen molar-refractivity contribution in [3.8, 4) is 0 Å². The van der Waals surface area contributed by atoms with Crippen LogP contribution in [0.25, 0.3) is 0 Å². The van der Waals surface area contributed by atoms with E-state index in [-0.39, 0.29) is 23.1 Å².